The quantitative estimate of drug-likeness (QED) is 0.838. The molecule has 3 nitrogen and oxygen atoms in total. The Hall–Kier alpha value is -1.51. The van der Waals surface area contributed by atoms with Gasteiger partial charge in [0.25, 0.3) is 0 Å². The number of nitrogens with one attached hydrogen (secondary N) is 2. The predicted molar refractivity (Wildman–Crippen MR) is 69.2 cm³/mol. The number of anilines is 2. The minimum atomic E-state index is 0.167. The largest absolute Gasteiger partial charge is 0.384 e. The maximum Gasteiger partial charge on any atom is 0.224 e. The summed E-state index contributed by atoms with van der Waals surface area (Å²) < 4.78 is 0. The van der Waals surface area contributed by atoms with E-state index in [4.69, 9.17) is 0 Å². The number of fused-ring (bicyclic) bond motifs is 1. The van der Waals surface area contributed by atoms with Crippen molar-refractivity contribution in [2.24, 2.45) is 5.92 Å². The van der Waals surface area contributed by atoms with Crippen LogP contribution in [0.5, 0.6) is 0 Å². The molecule has 1 heterocycles. The highest BCUT2D eigenvalue weighted by molar-refractivity contribution is 5.91. The van der Waals surface area contributed by atoms with Crippen LogP contribution in [0, 0.1) is 5.92 Å². The summed E-state index contributed by atoms with van der Waals surface area (Å²) >= 11 is 0. The fourth-order valence-electron chi connectivity index (χ4n) is 2.55. The third-order valence-electron chi connectivity index (χ3n) is 3.80. The topological polar surface area (TPSA) is 41.1 Å². The predicted octanol–water partition coefficient (Wildman–Crippen LogP) is 2.78. The number of carbonyl (C=O) groups excluding carboxylic acids is 1. The van der Waals surface area contributed by atoms with E-state index >= 15 is 0 Å². The molecule has 1 amide bonds. The van der Waals surface area contributed by atoms with Crippen molar-refractivity contribution in [3.05, 3.63) is 23.8 Å². The molecule has 90 valence electrons. The van der Waals surface area contributed by atoms with E-state index in [1.165, 1.54) is 30.5 Å². The summed E-state index contributed by atoms with van der Waals surface area (Å²) in [6.07, 6.45) is 5.49. The first-order valence-corrected chi connectivity index (χ1v) is 6.48. The minimum absolute atomic E-state index is 0.167. The van der Waals surface area contributed by atoms with Crippen LogP contribution in [-0.2, 0) is 11.2 Å². The second kappa shape index (κ2) is 4.40. The van der Waals surface area contributed by atoms with Crippen LogP contribution in [0.15, 0.2) is 18.2 Å². The van der Waals surface area contributed by atoms with Gasteiger partial charge in [0.05, 0.1) is 0 Å². The molecule has 3 heteroatoms. The molecular weight excluding hydrogens is 212 g/mol. The number of benzene rings is 1. The van der Waals surface area contributed by atoms with E-state index in [9.17, 15) is 4.79 Å². The lowest BCUT2D eigenvalue weighted by Crippen LogP contribution is -2.20. The monoisotopic (exact) mass is 230 g/mol. The Kier molecular flexibility index (Phi) is 2.75. The lowest BCUT2D eigenvalue weighted by Gasteiger charge is -2.24. The summed E-state index contributed by atoms with van der Waals surface area (Å²) in [5, 5.41) is 6.32. The van der Waals surface area contributed by atoms with Gasteiger partial charge in [-0.25, -0.2) is 0 Å². The highest BCUT2D eigenvalue weighted by Gasteiger charge is 2.20. The molecule has 0 aromatic heterocycles. The van der Waals surface area contributed by atoms with Crippen molar-refractivity contribution in [2.75, 3.05) is 17.2 Å². The molecule has 0 radical (unpaired) electrons. The number of carbonyl (C=O) groups is 1. The summed E-state index contributed by atoms with van der Waals surface area (Å²) in [4.78, 5) is 11.8. The molecule has 1 aromatic carbocycles. The Bertz CT molecular complexity index is 438. The zero-order chi connectivity index (χ0) is 11.7. The smallest absolute Gasteiger partial charge is 0.224 e. The van der Waals surface area contributed by atoms with Crippen LogP contribution in [-0.4, -0.2) is 12.5 Å². The Labute approximate surface area is 102 Å². The van der Waals surface area contributed by atoms with Crippen LogP contribution in [0.2, 0.25) is 0 Å². The third-order valence-corrected chi connectivity index (χ3v) is 3.80. The molecule has 0 bridgehead atoms. The Morgan fingerprint density at radius 1 is 1.41 bits per heavy atom. The van der Waals surface area contributed by atoms with Crippen molar-refractivity contribution in [1.82, 2.24) is 0 Å². The second-order valence-corrected chi connectivity index (χ2v) is 5.10. The lowest BCUT2D eigenvalue weighted by atomic mass is 9.83. The first-order chi connectivity index (χ1) is 8.31. The molecule has 2 N–H and O–H groups in total. The summed E-state index contributed by atoms with van der Waals surface area (Å²) in [5.74, 6) is 0.798. The molecule has 0 saturated heterocycles. The van der Waals surface area contributed by atoms with Crippen molar-refractivity contribution < 1.29 is 4.79 Å². The maximum absolute atomic E-state index is 11.8. The van der Waals surface area contributed by atoms with Gasteiger partial charge in [-0.1, -0.05) is 6.42 Å². The van der Waals surface area contributed by atoms with E-state index in [0.717, 1.165) is 18.7 Å². The summed E-state index contributed by atoms with van der Waals surface area (Å²) in [6.45, 7) is 1.01. The molecule has 1 fully saturated rings. The number of hydrogen-bond donors (Lipinski definition) is 2. The lowest BCUT2D eigenvalue weighted by molar-refractivity contribution is -0.117. The maximum atomic E-state index is 11.8. The standard InChI is InChI=1S/C14H18N2O/c17-14(8-10-2-1-3-10)16-12-4-5-13-11(9-12)6-7-15-13/h4-5,9-10,15H,1-3,6-8H2,(H,16,17). The average Bonchev–Trinajstić information content (AvgIpc) is 2.71. The summed E-state index contributed by atoms with van der Waals surface area (Å²) in [6, 6.07) is 6.13. The van der Waals surface area contributed by atoms with Gasteiger partial charge in [0.15, 0.2) is 0 Å². The van der Waals surface area contributed by atoms with Crippen LogP contribution in [0.3, 0.4) is 0 Å². The van der Waals surface area contributed by atoms with Gasteiger partial charge in [0, 0.05) is 24.3 Å². The third kappa shape index (κ3) is 2.28. The van der Waals surface area contributed by atoms with E-state index in [1.807, 2.05) is 6.07 Å². The molecule has 1 saturated carbocycles. The minimum Gasteiger partial charge on any atom is -0.384 e. The van der Waals surface area contributed by atoms with Crippen molar-refractivity contribution >= 4 is 17.3 Å². The van der Waals surface area contributed by atoms with Crippen LogP contribution < -0.4 is 10.6 Å². The Morgan fingerprint density at radius 2 is 2.29 bits per heavy atom. The fourth-order valence-corrected chi connectivity index (χ4v) is 2.55. The van der Waals surface area contributed by atoms with Gasteiger partial charge in [-0.05, 0) is 48.9 Å². The first-order valence-electron chi connectivity index (χ1n) is 6.48. The van der Waals surface area contributed by atoms with Gasteiger partial charge in [-0.15, -0.1) is 0 Å². The number of amides is 1. The highest BCUT2D eigenvalue weighted by Crippen LogP contribution is 2.30. The molecule has 1 aromatic rings. The molecule has 3 rings (SSSR count). The van der Waals surface area contributed by atoms with E-state index in [0.29, 0.717) is 12.3 Å². The molecule has 0 atom stereocenters. The number of hydrogen-bond acceptors (Lipinski definition) is 2. The Morgan fingerprint density at radius 3 is 3.06 bits per heavy atom. The normalized spacial score (nSPS) is 18.1. The highest BCUT2D eigenvalue weighted by atomic mass is 16.1. The van der Waals surface area contributed by atoms with Crippen LogP contribution in [0.1, 0.15) is 31.2 Å². The van der Waals surface area contributed by atoms with E-state index < -0.39 is 0 Å². The van der Waals surface area contributed by atoms with Crippen LogP contribution >= 0.6 is 0 Å². The molecule has 1 aliphatic heterocycles. The van der Waals surface area contributed by atoms with Crippen molar-refractivity contribution in [3.63, 3.8) is 0 Å². The van der Waals surface area contributed by atoms with Crippen LogP contribution in [0.4, 0.5) is 11.4 Å². The van der Waals surface area contributed by atoms with Gasteiger partial charge in [0.1, 0.15) is 0 Å². The van der Waals surface area contributed by atoms with Crippen molar-refractivity contribution in [2.45, 2.75) is 32.1 Å². The van der Waals surface area contributed by atoms with Gasteiger partial charge in [0.2, 0.25) is 5.91 Å². The molecule has 0 spiro atoms. The van der Waals surface area contributed by atoms with Gasteiger partial charge in [-0.2, -0.15) is 0 Å². The van der Waals surface area contributed by atoms with E-state index in [2.05, 4.69) is 22.8 Å². The van der Waals surface area contributed by atoms with Crippen LogP contribution in [0.25, 0.3) is 0 Å². The first kappa shape index (κ1) is 10.6. The molecule has 17 heavy (non-hydrogen) atoms. The zero-order valence-electron chi connectivity index (χ0n) is 9.96. The average molecular weight is 230 g/mol. The molecule has 0 unspecified atom stereocenters. The van der Waals surface area contributed by atoms with E-state index in [1.54, 1.807) is 0 Å². The van der Waals surface area contributed by atoms with Gasteiger partial charge in [-0.3, -0.25) is 4.79 Å². The fraction of sp³-hybridized carbons (Fsp3) is 0.500. The SMILES string of the molecule is O=C(CC1CCC1)Nc1ccc2c(c1)CCN2. The van der Waals surface area contributed by atoms with Crippen molar-refractivity contribution in [1.29, 1.82) is 0 Å². The summed E-state index contributed by atoms with van der Waals surface area (Å²) in [5.41, 5.74) is 3.46. The van der Waals surface area contributed by atoms with E-state index in [-0.39, 0.29) is 5.91 Å². The molecular formula is C14H18N2O. The Balaban J connectivity index is 1.62. The summed E-state index contributed by atoms with van der Waals surface area (Å²) in [7, 11) is 0. The zero-order valence-corrected chi connectivity index (χ0v) is 9.96. The van der Waals surface area contributed by atoms with Crippen molar-refractivity contribution in [3.8, 4) is 0 Å². The second-order valence-electron chi connectivity index (χ2n) is 5.10. The van der Waals surface area contributed by atoms with Gasteiger partial charge < -0.3 is 10.6 Å². The number of rotatable bonds is 3. The molecule has 1 aliphatic carbocycles. The van der Waals surface area contributed by atoms with Gasteiger partial charge >= 0.3 is 0 Å². The molecule has 2 aliphatic rings.